The molecule has 0 radical (unpaired) electrons. The van der Waals surface area contributed by atoms with E-state index in [0.29, 0.717) is 0 Å². The lowest BCUT2D eigenvalue weighted by molar-refractivity contribution is -0.191. The Balaban J connectivity index is 2.36. The van der Waals surface area contributed by atoms with Crippen LogP contribution in [0.5, 0.6) is 0 Å². The summed E-state index contributed by atoms with van der Waals surface area (Å²) in [6, 6.07) is 5.44. The summed E-state index contributed by atoms with van der Waals surface area (Å²) in [5.41, 5.74) is 1.93. The van der Waals surface area contributed by atoms with Crippen molar-refractivity contribution < 1.29 is 27.5 Å². The number of rotatable bonds is 5. The first-order valence-corrected chi connectivity index (χ1v) is 4.74. The van der Waals surface area contributed by atoms with Gasteiger partial charge in [-0.15, -0.1) is 0 Å². The van der Waals surface area contributed by atoms with E-state index in [1.54, 1.807) is 0 Å². The van der Waals surface area contributed by atoms with Crippen molar-refractivity contribution >= 4 is 0 Å². The molecule has 0 saturated heterocycles. The van der Waals surface area contributed by atoms with Crippen LogP contribution in [0.4, 0.5) is 17.6 Å². The molecule has 0 aromatic heterocycles. The van der Waals surface area contributed by atoms with Gasteiger partial charge in [-0.2, -0.15) is 18.7 Å². The third-order valence-electron chi connectivity index (χ3n) is 1.88. The normalized spacial score (nSPS) is 13.7. The number of halogens is 4. The van der Waals surface area contributed by atoms with Crippen LogP contribution in [0, 0.1) is 5.82 Å². The highest BCUT2D eigenvalue weighted by atomic mass is 19.4. The van der Waals surface area contributed by atoms with E-state index >= 15 is 0 Å². The maximum Gasteiger partial charge on any atom is 0.413 e. The molecule has 17 heavy (non-hydrogen) atoms. The number of alkyl halides is 3. The van der Waals surface area contributed by atoms with Crippen LogP contribution in [-0.4, -0.2) is 24.4 Å². The van der Waals surface area contributed by atoms with Crippen molar-refractivity contribution in [1.29, 1.82) is 0 Å². The lowest BCUT2D eigenvalue weighted by Crippen LogP contribution is -2.28. The second-order valence-electron chi connectivity index (χ2n) is 3.29. The molecule has 0 fully saturated rings. The van der Waals surface area contributed by atoms with Crippen LogP contribution in [0.2, 0.25) is 0 Å². The summed E-state index contributed by atoms with van der Waals surface area (Å²) in [6.07, 6.45) is -5.72. The number of aliphatic hydroxyl groups excluding tert-OH is 1. The van der Waals surface area contributed by atoms with Gasteiger partial charge < -0.3 is 5.11 Å². The van der Waals surface area contributed by atoms with Crippen molar-refractivity contribution in [3.63, 3.8) is 0 Å². The standard InChI is InChI=1S/C10H11F4NO2/c11-8-4-2-1-3-7(8)9(16)5-15-17-6-10(12,13)14/h1-4,9,15-16H,5-6H2. The number of hydrogen-bond acceptors (Lipinski definition) is 3. The smallest absolute Gasteiger partial charge is 0.387 e. The highest BCUT2D eigenvalue weighted by molar-refractivity contribution is 5.19. The molecule has 0 spiro atoms. The molecule has 0 bridgehead atoms. The first-order valence-electron chi connectivity index (χ1n) is 4.74. The van der Waals surface area contributed by atoms with E-state index in [9.17, 15) is 22.7 Å². The topological polar surface area (TPSA) is 41.5 Å². The number of aliphatic hydroxyl groups is 1. The summed E-state index contributed by atoms with van der Waals surface area (Å²) < 4.78 is 48.2. The number of hydrogen-bond donors (Lipinski definition) is 2. The van der Waals surface area contributed by atoms with E-state index in [1.165, 1.54) is 18.2 Å². The van der Waals surface area contributed by atoms with Crippen molar-refractivity contribution in [3.8, 4) is 0 Å². The first-order chi connectivity index (χ1) is 7.90. The molecule has 0 aliphatic heterocycles. The molecule has 1 atom stereocenters. The SMILES string of the molecule is OC(CNOCC(F)(F)F)c1ccccc1F. The Morgan fingerprint density at radius 3 is 2.53 bits per heavy atom. The Labute approximate surface area is 95.0 Å². The predicted molar refractivity (Wildman–Crippen MR) is 51.4 cm³/mol. The molecule has 0 saturated carbocycles. The van der Waals surface area contributed by atoms with Gasteiger partial charge in [0.15, 0.2) is 6.61 Å². The summed E-state index contributed by atoms with van der Waals surface area (Å²) in [5, 5.41) is 9.47. The van der Waals surface area contributed by atoms with E-state index in [-0.39, 0.29) is 12.1 Å². The fraction of sp³-hybridized carbons (Fsp3) is 0.400. The van der Waals surface area contributed by atoms with Gasteiger partial charge in [0.1, 0.15) is 5.82 Å². The maximum absolute atomic E-state index is 13.1. The monoisotopic (exact) mass is 253 g/mol. The Morgan fingerprint density at radius 1 is 1.29 bits per heavy atom. The molecule has 2 N–H and O–H groups in total. The molecule has 1 aromatic carbocycles. The van der Waals surface area contributed by atoms with Crippen LogP contribution in [0.3, 0.4) is 0 Å². The van der Waals surface area contributed by atoms with Crippen LogP contribution in [0.15, 0.2) is 24.3 Å². The molecule has 0 aliphatic carbocycles. The minimum Gasteiger partial charge on any atom is -0.387 e. The minimum atomic E-state index is -4.45. The Bertz CT molecular complexity index is 356. The summed E-state index contributed by atoms with van der Waals surface area (Å²) in [6.45, 7) is -1.81. The van der Waals surface area contributed by atoms with Crippen LogP contribution in [0.1, 0.15) is 11.7 Å². The third-order valence-corrected chi connectivity index (χ3v) is 1.88. The molecule has 1 rings (SSSR count). The van der Waals surface area contributed by atoms with Crippen molar-refractivity contribution in [3.05, 3.63) is 35.6 Å². The minimum absolute atomic E-state index is 0.00407. The average Bonchev–Trinajstić information content (AvgIpc) is 2.23. The fourth-order valence-corrected chi connectivity index (χ4v) is 1.13. The van der Waals surface area contributed by atoms with Crippen LogP contribution < -0.4 is 5.48 Å². The van der Waals surface area contributed by atoms with Gasteiger partial charge in [0.25, 0.3) is 0 Å². The highest BCUT2D eigenvalue weighted by Gasteiger charge is 2.27. The predicted octanol–water partition coefficient (Wildman–Crippen LogP) is 1.94. The zero-order valence-corrected chi connectivity index (χ0v) is 8.67. The lowest BCUT2D eigenvalue weighted by Gasteiger charge is -2.13. The van der Waals surface area contributed by atoms with E-state index in [0.717, 1.165) is 6.07 Å². The van der Waals surface area contributed by atoms with E-state index < -0.39 is 24.7 Å². The average molecular weight is 253 g/mol. The second-order valence-corrected chi connectivity index (χ2v) is 3.29. The summed E-state index contributed by atoms with van der Waals surface area (Å²) in [7, 11) is 0. The van der Waals surface area contributed by atoms with Crippen molar-refractivity contribution in [2.45, 2.75) is 12.3 Å². The summed E-state index contributed by atoms with van der Waals surface area (Å²) in [4.78, 5) is 4.07. The summed E-state index contributed by atoms with van der Waals surface area (Å²) in [5.74, 6) is -0.627. The Kier molecular flexibility index (Phi) is 4.86. The van der Waals surface area contributed by atoms with E-state index in [1.807, 2.05) is 5.48 Å². The molecule has 0 amide bonds. The molecule has 1 aromatic rings. The van der Waals surface area contributed by atoms with Gasteiger partial charge in [0.2, 0.25) is 0 Å². The number of nitrogens with one attached hydrogen (secondary N) is 1. The lowest BCUT2D eigenvalue weighted by atomic mass is 10.1. The zero-order chi connectivity index (χ0) is 12.9. The highest BCUT2D eigenvalue weighted by Crippen LogP contribution is 2.16. The molecule has 3 nitrogen and oxygen atoms in total. The van der Waals surface area contributed by atoms with Crippen LogP contribution >= 0.6 is 0 Å². The molecule has 0 aliphatic rings. The molecule has 96 valence electrons. The number of hydroxylamine groups is 1. The Hall–Kier alpha value is -1.18. The largest absolute Gasteiger partial charge is 0.413 e. The maximum atomic E-state index is 13.1. The fourth-order valence-electron chi connectivity index (χ4n) is 1.13. The van der Waals surface area contributed by atoms with Gasteiger partial charge in [0.05, 0.1) is 12.6 Å². The van der Waals surface area contributed by atoms with E-state index in [4.69, 9.17) is 0 Å². The van der Waals surface area contributed by atoms with Gasteiger partial charge in [-0.05, 0) is 6.07 Å². The zero-order valence-electron chi connectivity index (χ0n) is 8.67. The molecule has 7 heteroatoms. The van der Waals surface area contributed by atoms with Gasteiger partial charge in [-0.3, -0.25) is 4.84 Å². The van der Waals surface area contributed by atoms with Crippen molar-refractivity contribution in [1.82, 2.24) is 5.48 Å². The van der Waals surface area contributed by atoms with E-state index in [2.05, 4.69) is 4.84 Å². The van der Waals surface area contributed by atoms with Crippen LogP contribution in [0.25, 0.3) is 0 Å². The van der Waals surface area contributed by atoms with Gasteiger partial charge in [-0.1, -0.05) is 18.2 Å². The third kappa shape index (κ3) is 5.12. The van der Waals surface area contributed by atoms with Gasteiger partial charge >= 0.3 is 6.18 Å². The van der Waals surface area contributed by atoms with Gasteiger partial charge in [0, 0.05) is 5.56 Å². The summed E-state index contributed by atoms with van der Waals surface area (Å²) >= 11 is 0. The second kappa shape index (κ2) is 5.95. The molecular formula is C10H11F4NO2. The molecule has 1 unspecified atom stereocenters. The molecular weight excluding hydrogens is 242 g/mol. The van der Waals surface area contributed by atoms with Crippen molar-refractivity contribution in [2.75, 3.05) is 13.2 Å². The van der Waals surface area contributed by atoms with Gasteiger partial charge in [-0.25, -0.2) is 4.39 Å². The quantitative estimate of drug-likeness (QED) is 0.478. The first kappa shape index (κ1) is 13.9. The van der Waals surface area contributed by atoms with Crippen molar-refractivity contribution in [2.24, 2.45) is 0 Å². The molecule has 0 heterocycles. The Morgan fingerprint density at radius 2 is 1.94 bits per heavy atom. The number of benzene rings is 1. The van der Waals surface area contributed by atoms with Crippen LogP contribution in [-0.2, 0) is 4.84 Å².